The number of hydrogen-bond donors (Lipinski definition) is 0. The summed E-state index contributed by atoms with van der Waals surface area (Å²) in [6.07, 6.45) is 2.96. The third kappa shape index (κ3) is 9.87. The molecular weight excluding hydrogens is 524 g/mol. The molecule has 0 aromatic heterocycles. The van der Waals surface area contributed by atoms with Crippen LogP contribution in [-0.4, -0.2) is 61.4 Å². The van der Waals surface area contributed by atoms with Gasteiger partial charge in [-0.25, -0.2) is 0 Å². The lowest BCUT2D eigenvalue weighted by molar-refractivity contribution is -0.114. The van der Waals surface area contributed by atoms with Crippen molar-refractivity contribution in [2.75, 3.05) is 55.6 Å². The molecule has 35 heavy (non-hydrogen) atoms. The zero-order valence-electron chi connectivity index (χ0n) is 20.3. The van der Waals surface area contributed by atoms with Crippen LogP contribution in [0.1, 0.15) is 18.4 Å². The summed E-state index contributed by atoms with van der Waals surface area (Å²) in [7, 11) is 6.26. The van der Waals surface area contributed by atoms with Crippen LogP contribution in [0.5, 0.6) is 23.0 Å². The average molecular weight is 555 g/mol. The zero-order valence-corrected chi connectivity index (χ0v) is 21.9. The Balaban J connectivity index is 0.000000258. The largest absolute Gasteiger partial charge is 0.467 e. The fourth-order valence-electron chi connectivity index (χ4n) is 2.97. The molecule has 0 amide bonds. The summed E-state index contributed by atoms with van der Waals surface area (Å²) in [6.45, 7) is 0.726. The van der Waals surface area contributed by atoms with Crippen molar-refractivity contribution in [3.63, 3.8) is 0 Å². The molecule has 3 rings (SSSR count). The molecule has 0 heterocycles. The van der Waals surface area contributed by atoms with Crippen molar-refractivity contribution in [3.05, 3.63) is 52.5 Å². The quantitative estimate of drug-likeness (QED) is 0.323. The minimum absolute atomic E-state index is 0.141. The molecule has 1 aliphatic rings. The van der Waals surface area contributed by atoms with E-state index in [1.165, 1.54) is 0 Å². The molecule has 2 aromatic rings. The van der Waals surface area contributed by atoms with Gasteiger partial charge in [-0.05, 0) is 58.3 Å². The van der Waals surface area contributed by atoms with Crippen LogP contribution in [0.2, 0.25) is 0 Å². The van der Waals surface area contributed by atoms with Gasteiger partial charge in [0.25, 0.3) is 0 Å². The molecule has 1 aliphatic carbocycles. The van der Waals surface area contributed by atoms with E-state index < -0.39 is 0 Å². The lowest BCUT2D eigenvalue weighted by atomic mass is 10.0. The highest BCUT2D eigenvalue weighted by Crippen LogP contribution is 2.35. The summed E-state index contributed by atoms with van der Waals surface area (Å²) in [4.78, 5) is 11.4. The van der Waals surface area contributed by atoms with Gasteiger partial charge in [0.2, 0.25) is 0 Å². The van der Waals surface area contributed by atoms with Crippen LogP contribution in [0.25, 0.3) is 5.57 Å². The lowest BCUT2D eigenvalue weighted by Crippen LogP contribution is -2.03. The SMILES string of the molecule is COCOc1ccc(Br)c(OCOC)c1.COCOc1ccc(C2=CC(=O)CC2)c(OCOC)c1. The van der Waals surface area contributed by atoms with Gasteiger partial charge in [-0.15, -0.1) is 0 Å². The molecule has 9 nitrogen and oxygen atoms in total. The Hall–Kier alpha value is -2.63. The summed E-state index contributed by atoms with van der Waals surface area (Å²) in [6, 6.07) is 10.9. The van der Waals surface area contributed by atoms with Crippen molar-refractivity contribution >= 4 is 27.3 Å². The molecule has 0 unspecified atom stereocenters. The van der Waals surface area contributed by atoms with Crippen LogP contribution in [0.15, 0.2) is 46.9 Å². The molecule has 2 aromatic carbocycles. The van der Waals surface area contributed by atoms with Gasteiger partial charge in [0.05, 0.1) is 4.47 Å². The standard InChI is InChI=1S/C15H18O5.C10H13BrO4/c1-17-9-19-13-5-6-14(11-3-4-12(16)7-11)15(8-13)20-10-18-2;1-12-6-14-8-3-4-9(11)10(5-8)15-7-13-2/h5-8H,3-4,9-10H2,1-2H3;3-5H,6-7H2,1-2H3. The predicted octanol–water partition coefficient (Wildman–Crippen LogP) is 4.81. The van der Waals surface area contributed by atoms with E-state index in [0.29, 0.717) is 29.4 Å². The second-order valence-electron chi connectivity index (χ2n) is 7.09. The smallest absolute Gasteiger partial charge is 0.188 e. The Morgan fingerprint density at radius 1 is 0.686 bits per heavy atom. The monoisotopic (exact) mass is 554 g/mol. The summed E-state index contributed by atoms with van der Waals surface area (Å²) < 4.78 is 41.8. The summed E-state index contributed by atoms with van der Waals surface area (Å²) in [5.41, 5.74) is 1.89. The van der Waals surface area contributed by atoms with Crippen LogP contribution in [0, 0.1) is 0 Å². The van der Waals surface area contributed by atoms with Crippen molar-refractivity contribution in [1.82, 2.24) is 0 Å². The van der Waals surface area contributed by atoms with Crippen LogP contribution < -0.4 is 18.9 Å². The Labute approximate surface area is 213 Å². The number of benzene rings is 2. The van der Waals surface area contributed by atoms with Crippen LogP contribution in [0.3, 0.4) is 0 Å². The van der Waals surface area contributed by atoms with Crippen molar-refractivity contribution < 1.29 is 42.7 Å². The highest BCUT2D eigenvalue weighted by Gasteiger charge is 2.18. The predicted molar refractivity (Wildman–Crippen MR) is 133 cm³/mol. The van der Waals surface area contributed by atoms with Crippen LogP contribution in [-0.2, 0) is 23.7 Å². The third-order valence-corrected chi connectivity index (χ3v) is 5.18. The molecule has 10 heteroatoms. The van der Waals surface area contributed by atoms with E-state index in [9.17, 15) is 4.79 Å². The van der Waals surface area contributed by atoms with Gasteiger partial charge >= 0.3 is 0 Å². The Morgan fingerprint density at radius 3 is 1.74 bits per heavy atom. The van der Waals surface area contributed by atoms with Crippen molar-refractivity contribution in [1.29, 1.82) is 0 Å². The maximum Gasteiger partial charge on any atom is 0.188 e. The number of ether oxygens (including phenoxy) is 8. The first kappa shape index (κ1) is 28.6. The van der Waals surface area contributed by atoms with E-state index in [0.717, 1.165) is 22.0 Å². The highest BCUT2D eigenvalue weighted by atomic mass is 79.9. The number of carbonyl (C=O) groups excluding carboxylic acids is 1. The number of carbonyl (C=O) groups is 1. The Bertz CT molecular complexity index is 962. The van der Waals surface area contributed by atoms with Crippen LogP contribution >= 0.6 is 15.9 Å². The maximum atomic E-state index is 11.4. The maximum absolute atomic E-state index is 11.4. The Morgan fingerprint density at radius 2 is 1.20 bits per heavy atom. The van der Waals surface area contributed by atoms with E-state index >= 15 is 0 Å². The molecule has 0 saturated carbocycles. The number of methoxy groups -OCH3 is 4. The molecule has 0 radical (unpaired) electrons. The molecule has 0 atom stereocenters. The molecule has 0 spiro atoms. The van der Waals surface area contributed by atoms with Gasteiger partial charge in [0.15, 0.2) is 33.0 Å². The van der Waals surface area contributed by atoms with Crippen molar-refractivity contribution in [2.45, 2.75) is 12.8 Å². The van der Waals surface area contributed by atoms with Crippen molar-refractivity contribution in [3.8, 4) is 23.0 Å². The molecule has 0 fully saturated rings. The first-order valence-electron chi connectivity index (χ1n) is 10.7. The molecule has 192 valence electrons. The summed E-state index contributed by atoms with van der Waals surface area (Å²) in [5.74, 6) is 2.79. The molecule has 0 aliphatic heterocycles. The van der Waals surface area contributed by atoms with Crippen LogP contribution in [0.4, 0.5) is 0 Å². The first-order chi connectivity index (χ1) is 17.0. The number of hydrogen-bond acceptors (Lipinski definition) is 9. The van der Waals surface area contributed by atoms with E-state index in [-0.39, 0.29) is 33.0 Å². The van der Waals surface area contributed by atoms with E-state index in [2.05, 4.69) is 15.9 Å². The summed E-state index contributed by atoms with van der Waals surface area (Å²) >= 11 is 3.36. The highest BCUT2D eigenvalue weighted by molar-refractivity contribution is 9.10. The van der Waals surface area contributed by atoms with Gasteiger partial charge in [0.1, 0.15) is 23.0 Å². The molecule has 0 N–H and O–H groups in total. The van der Waals surface area contributed by atoms with Gasteiger partial charge in [-0.3, -0.25) is 4.79 Å². The van der Waals surface area contributed by atoms with E-state index in [1.807, 2.05) is 24.3 Å². The number of ketones is 1. The van der Waals surface area contributed by atoms with Gasteiger partial charge in [-0.1, -0.05) is 0 Å². The number of halogens is 1. The van der Waals surface area contributed by atoms with Crippen molar-refractivity contribution in [2.24, 2.45) is 0 Å². The minimum Gasteiger partial charge on any atom is -0.467 e. The first-order valence-corrected chi connectivity index (χ1v) is 11.5. The topological polar surface area (TPSA) is 90.9 Å². The molecule has 0 saturated heterocycles. The second-order valence-corrected chi connectivity index (χ2v) is 7.94. The normalized spacial score (nSPS) is 12.5. The fourth-order valence-corrected chi connectivity index (χ4v) is 3.33. The molecular formula is C25H31BrO9. The molecule has 0 bridgehead atoms. The summed E-state index contributed by atoms with van der Waals surface area (Å²) in [5, 5.41) is 0. The number of allylic oxidation sites excluding steroid dienone is 2. The average Bonchev–Trinajstić information content (AvgIpc) is 3.31. The minimum atomic E-state index is 0.141. The second kappa shape index (κ2) is 16.1. The van der Waals surface area contributed by atoms with Gasteiger partial charge in [-0.2, -0.15) is 0 Å². The Kier molecular flexibility index (Phi) is 13.2. The third-order valence-electron chi connectivity index (χ3n) is 4.53. The van der Waals surface area contributed by atoms with E-state index in [1.54, 1.807) is 46.6 Å². The van der Waals surface area contributed by atoms with Gasteiger partial charge in [0, 0.05) is 52.6 Å². The van der Waals surface area contributed by atoms with E-state index in [4.69, 9.17) is 37.9 Å². The number of rotatable bonds is 13. The lowest BCUT2D eigenvalue weighted by Gasteiger charge is -2.13. The zero-order chi connectivity index (χ0) is 25.5. The fraction of sp³-hybridized carbons (Fsp3) is 0.400. The van der Waals surface area contributed by atoms with Gasteiger partial charge < -0.3 is 37.9 Å².